The van der Waals surface area contributed by atoms with Crippen molar-refractivity contribution in [1.82, 2.24) is 4.98 Å². The van der Waals surface area contributed by atoms with Gasteiger partial charge in [-0.3, -0.25) is 0 Å². The van der Waals surface area contributed by atoms with Crippen LogP contribution in [0.3, 0.4) is 0 Å². The SMILES string of the molecule is Clc1ccc(-c2csc(Nc3cccc(Br)c3)n2)cc1. The fraction of sp³-hybridized carbons (Fsp3) is 0. The van der Waals surface area contributed by atoms with Crippen LogP contribution >= 0.6 is 38.9 Å². The van der Waals surface area contributed by atoms with Gasteiger partial charge < -0.3 is 5.32 Å². The van der Waals surface area contributed by atoms with Crippen LogP contribution in [0, 0.1) is 0 Å². The van der Waals surface area contributed by atoms with Gasteiger partial charge in [0.2, 0.25) is 0 Å². The van der Waals surface area contributed by atoms with Gasteiger partial charge in [-0.2, -0.15) is 0 Å². The summed E-state index contributed by atoms with van der Waals surface area (Å²) in [5.41, 5.74) is 3.02. The maximum Gasteiger partial charge on any atom is 0.187 e. The van der Waals surface area contributed by atoms with Crippen LogP contribution in [0.4, 0.5) is 10.8 Å². The zero-order valence-electron chi connectivity index (χ0n) is 10.3. The monoisotopic (exact) mass is 364 g/mol. The number of rotatable bonds is 3. The van der Waals surface area contributed by atoms with Crippen LogP contribution in [0.25, 0.3) is 11.3 Å². The van der Waals surface area contributed by atoms with Gasteiger partial charge in [0, 0.05) is 26.1 Å². The highest BCUT2D eigenvalue weighted by Gasteiger charge is 2.05. The molecule has 0 fully saturated rings. The second-order valence-corrected chi connectivity index (χ2v) is 6.39. The Morgan fingerprint density at radius 1 is 1.10 bits per heavy atom. The van der Waals surface area contributed by atoms with E-state index in [1.54, 1.807) is 11.3 Å². The second-order valence-electron chi connectivity index (χ2n) is 4.18. The molecule has 0 aliphatic rings. The van der Waals surface area contributed by atoms with Crippen molar-refractivity contribution in [2.75, 3.05) is 5.32 Å². The summed E-state index contributed by atoms with van der Waals surface area (Å²) in [6.45, 7) is 0. The first-order chi connectivity index (χ1) is 9.70. The molecule has 0 spiro atoms. The average Bonchev–Trinajstić information content (AvgIpc) is 2.88. The van der Waals surface area contributed by atoms with Crippen molar-refractivity contribution in [1.29, 1.82) is 0 Å². The summed E-state index contributed by atoms with van der Waals surface area (Å²) < 4.78 is 1.04. The number of nitrogens with zero attached hydrogens (tertiary/aromatic N) is 1. The van der Waals surface area contributed by atoms with Gasteiger partial charge in [0.05, 0.1) is 5.69 Å². The third kappa shape index (κ3) is 3.20. The lowest BCUT2D eigenvalue weighted by Gasteiger charge is -2.02. The summed E-state index contributed by atoms with van der Waals surface area (Å²) in [4.78, 5) is 4.58. The summed E-state index contributed by atoms with van der Waals surface area (Å²) in [5, 5.41) is 6.93. The molecule has 0 saturated carbocycles. The first-order valence-corrected chi connectivity index (χ1v) is 8.00. The number of nitrogens with one attached hydrogen (secondary N) is 1. The van der Waals surface area contributed by atoms with Gasteiger partial charge in [0.1, 0.15) is 0 Å². The number of aromatic nitrogens is 1. The molecule has 1 aromatic heterocycles. The Morgan fingerprint density at radius 2 is 1.90 bits per heavy atom. The Labute approximate surface area is 134 Å². The summed E-state index contributed by atoms with van der Waals surface area (Å²) >= 11 is 10.9. The van der Waals surface area contributed by atoms with Crippen LogP contribution < -0.4 is 5.32 Å². The predicted molar refractivity (Wildman–Crippen MR) is 90.0 cm³/mol. The maximum atomic E-state index is 5.89. The molecule has 0 saturated heterocycles. The highest BCUT2D eigenvalue weighted by atomic mass is 79.9. The van der Waals surface area contributed by atoms with E-state index in [9.17, 15) is 0 Å². The van der Waals surface area contributed by atoms with E-state index in [2.05, 4.69) is 26.2 Å². The first-order valence-electron chi connectivity index (χ1n) is 5.95. The Hall–Kier alpha value is -1.36. The zero-order valence-corrected chi connectivity index (χ0v) is 13.5. The molecule has 0 bridgehead atoms. The molecule has 0 unspecified atom stereocenters. The van der Waals surface area contributed by atoms with E-state index in [0.717, 1.165) is 31.6 Å². The fourth-order valence-corrected chi connectivity index (χ4v) is 3.04. The van der Waals surface area contributed by atoms with Gasteiger partial charge in [-0.05, 0) is 30.3 Å². The van der Waals surface area contributed by atoms with Crippen molar-refractivity contribution in [3.63, 3.8) is 0 Å². The van der Waals surface area contributed by atoms with Crippen LogP contribution in [0.2, 0.25) is 5.02 Å². The van der Waals surface area contributed by atoms with Gasteiger partial charge >= 0.3 is 0 Å². The molecule has 2 nitrogen and oxygen atoms in total. The van der Waals surface area contributed by atoms with Gasteiger partial charge in [0.15, 0.2) is 5.13 Å². The number of anilines is 2. The number of benzene rings is 2. The van der Waals surface area contributed by atoms with E-state index in [4.69, 9.17) is 11.6 Å². The number of hydrogen-bond acceptors (Lipinski definition) is 3. The molecule has 1 heterocycles. The van der Waals surface area contributed by atoms with Crippen molar-refractivity contribution in [2.24, 2.45) is 0 Å². The van der Waals surface area contributed by atoms with Crippen molar-refractivity contribution < 1.29 is 0 Å². The van der Waals surface area contributed by atoms with Crippen LogP contribution in [-0.2, 0) is 0 Å². The zero-order chi connectivity index (χ0) is 13.9. The largest absolute Gasteiger partial charge is 0.332 e. The normalized spacial score (nSPS) is 10.5. The quantitative estimate of drug-likeness (QED) is 0.618. The first kappa shape index (κ1) is 13.6. The molecule has 0 atom stereocenters. The third-order valence-corrected chi connectivity index (χ3v) is 4.22. The maximum absolute atomic E-state index is 5.89. The molecule has 2 aromatic carbocycles. The third-order valence-electron chi connectivity index (χ3n) is 2.72. The summed E-state index contributed by atoms with van der Waals surface area (Å²) in [7, 11) is 0. The van der Waals surface area contributed by atoms with E-state index in [1.165, 1.54) is 0 Å². The van der Waals surface area contributed by atoms with E-state index in [-0.39, 0.29) is 0 Å². The van der Waals surface area contributed by atoms with Gasteiger partial charge in [-0.25, -0.2) is 4.98 Å². The highest BCUT2D eigenvalue weighted by molar-refractivity contribution is 9.10. The summed E-state index contributed by atoms with van der Waals surface area (Å²) in [6.07, 6.45) is 0. The lowest BCUT2D eigenvalue weighted by molar-refractivity contribution is 1.38. The van der Waals surface area contributed by atoms with Crippen LogP contribution in [-0.4, -0.2) is 4.98 Å². The molecular weight excluding hydrogens is 356 g/mol. The minimum atomic E-state index is 0.733. The number of hydrogen-bond donors (Lipinski definition) is 1. The molecule has 5 heteroatoms. The minimum absolute atomic E-state index is 0.733. The van der Waals surface area contributed by atoms with Crippen molar-refractivity contribution in [3.8, 4) is 11.3 Å². The van der Waals surface area contributed by atoms with Crippen molar-refractivity contribution in [2.45, 2.75) is 0 Å². The summed E-state index contributed by atoms with van der Waals surface area (Å²) in [5.74, 6) is 0. The lowest BCUT2D eigenvalue weighted by atomic mass is 10.2. The number of halogens is 2. The van der Waals surface area contributed by atoms with Crippen LogP contribution in [0.15, 0.2) is 58.4 Å². The molecule has 0 amide bonds. The average molecular weight is 366 g/mol. The molecule has 0 aliphatic carbocycles. The van der Waals surface area contributed by atoms with E-state index in [0.29, 0.717) is 0 Å². The van der Waals surface area contributed by atoms with E-state index >= 15 is 0 Å². The standard InChI is InChI=1S/C15H10BrClN2S/c16-11-2-1-3-13(8-11)18-15-19-14(9-20-15)10-4-6-12(17)7-5-10/h1-9H,(H,18,19). The fourth-order valence-electron chi connectivity index (χ4n) is 1.77. The topological polar surface area (TPSA) is 24.9 Å². The van der Waals surface area contributed by atoms with Crippen LogP contribution in [0.1, 0.15) is 0 Å². The summed E-state index contributed by atoms with van der Waals surface area (Å²) in [6, 6.07) is 15.7. The Morgan fingerprint density at radius 3 is 2.65 bits per heavy atom. The minimum Gasteiger partial charge on any atom is -0.332 e. The Balaban J connectivity index is 1.82. The molecule has 0 aliphatic heterocycles. The van der Waals surface area contributed by atoms with Crippen LogP contribution in [0.5, 0.6) is 0 Å². The predicted octanol–water partition coefficient (Wildman–Crippen LogP) is 5.97. The Bertz CT molecular complexity index is 725. The molecule has 1 N–H and O–H groups in total. The van der Waals surface area contributed by atoms with Crippen molar-refractivity contribution in [3.05, 3.63) is 63.4 Å². The molecule has 20 heavy (non-hydrogen) atoms. The molecule has 0 radical (unpaired) electrons. The van der Waals surface area contributed by atoms with E-state index in [1.807, 2.05) is 53.9 Å². The number of thiazole rings is 1. The van der Waals surface area contributed by atoms with Gasteiger partial charge in [-0.15, -0.1) is 11.3 Å². The molecule has 3 rings (SSSR count). The Kier molecular flexibility index (Phi) is 4.05. The van der Waals surface area contributed by atoms with E-state index < -0.39 is 0 Å². The molecular formula is C15H10BrClN2S. The second kappa shape index (κ2) is 5.95. The lowest BCUT2D eigenvalue weighted by Crippen LogP contribution is -1.89. The highest BCUT2D eigenvalue weighted by Crippen LogP contribution is 2.28. The van der Waals surface area contributed by atoms with Gasteiger partial charge in [0.25, 0.3) is 0 Å². The molecule has 3 aromatic rings. The molecule has 100 valence electrons. The van der Waals surface area contributed by atoms with Gasteiger partial charge in [-0.1, -0.05) is 45.7 Å². The van der Waals surface area contributed by atoms with Crippen molar-refractivity contribution >= 4 is 49.7 Å². The smallest absolute Gasteiger partial charge is 0.187 e.